The molecule has 0 saturated carbocycles. The molecule has 2 aliphatic rings. The Kier molecular flexibility index (Phi) is 4.04. The van der Waals surface area contributed by atoms with Crippen molar-refractivity contribution in [3.63, 3.8) is 0 Å². The lowest BCUT2D eigenvalue weighted by molar-refractivity contribution is 0.104. The largest absolute Gasteiger partial charge is 0.368 e. The van der Waals surface area contributed by atoms with Crippen LogP contribution in [0.4, 0.5) is 10.3 Å². The number of halogens is 1. The molecular weight excluding hydrogens is 379 g/mol. The van der Waals surface area contributed by atoms with Crippen molar-refractivity contribution in [2.24, 2.45) is 0 Å². The van der Waals surface area contributed by atoms with Crippen LogP contribution in [0.1, 0.15) is 34.3 Å². The Hall–Kier alpha value is -4.11. The highest BCUT2D eigenvalue weighted by Crippen LogP contribution is 2.44. The molecule has 0 radical (unpaired) electrons. The van der Waals surface area contributed by atoms with E-state index >= 15 is 0 Å². The number of fused-ring (bicyclic) bond motifs is 3. The minimum atomic E-state index is -0.372. The Morgan fingerprint density at radius 2 is 1.67 bits per heavy atom. The van der Waals surface area contributed by atoms with Gasteiger partial charge >= 0.3 is 0 Å². The Balaban J connectivity index is 1.75. The fourth-order valence-electron chi connectivity index (χ4n) is 4.04. The maximum Gasteiger partial charge on any atom is 0.221 e. The van der Waals surface area contributed by atoms with Crippen LogP contribution in [0.3, 0.4) is 0 Å². The minimum Gasteiger partial charge on any atom is -0.368 e. The summed E-state index contributed by atoms with van der Waals surface area (Å²) in [6, 6.07) is 13.6. The molecule has 2 aliphatic carbocycles. The van der Waals surface area contributed by atoms with E-state index in [1.54, 1.807) is 18.2 Å². The highest BCUT2D eigenvalue weighted by molar-refractivity contribution is 6.24. The predicted octanol–water partition coefficient (Wildman–Crippen LogP) is 4.70. The van der Waals surface area contributed by atoms with Crippen molar-refractivity contribution in [3.05, 3.63) is 82.7 Å². The maximum atomic E-state index is 13.4. The van der Waals surface area contributed by atoms with Gasteiger partial charge in [-0.1, -0.05) is 24.3 Å². The van der Waals surface area contributed by atoms with Gasteiger partial charge < -0.3 is 5.73 Å². The third kappa shape index (κ3) is 2.72. The van der Waals surface area contributed by atoms with Gasteiger partial charge in [0.2, 0.25) is 5.95 Å². The van der Waals surface area contributed by atoms with Gasteiger partial charge in [0.05, 0.1) is 23.0 Å². The summed E-state index contributed by atoms with van der Waals surface area (Å²) < 4.78 is 13.4. The van der Waals surface area contributed by atoms with E-state index in [4.69, 9.17) is 11.0 Å². The standard InChI is InChI=1S/C24H15FN4O/c25-16-10-8-15(9-11-16)21-20-22(29-24(27)28-21)19-17(2-1-3-18(19)23(20)30)14-6-4-13(12-26)5-7-14/h1-4,6,8-11H,5,7H2,(H2,27,28,29). The van der Waals surface area contributed by atoms with Crippen molar-refractivity contribution in [2.45, 2.75) is 12.8 Å². The average molecular weight is 394 g/mol. The summed E-state index contributed by atoms with van der Waals surface area (Å²) in [6.45, 7) is 0. The van der Waals surface area contributed by atoms with Crippen LogP contribution in [-0.2, 0) is 0 Å². The molecule has 5 nitrogen and oxygen atoms in total. The number of nitrogens with zero attached hydrogens (tertiary/aromatic N) is 3. The van der Waals surface area contributed by atoms with Crippen molar-refractivity contribution < 1.29 is 9.18 Å². The van der Waals surface area contributed by atoms with Crippen molar-refractivity contribution >= 4 is 17.3 Å². The van der Waals surface area contributed by atoms with Crippen LogP contribution < -0.4 is 5.73 Å². The molecule has 30 heavy (non-hydrogen) atoms. The van der Waals surface area contributed by atoms with Crippen molar-refractivity contribution in [1.82, 2.24) is 9.97 Å². The van der Waals surface area contributed by atoms with Crippen LogP contribution >= 0.6 is 0 Å². The number of ketones is 1. The summed E-state index contributed by atoms with van der Waals surface area (Å²) in [5.41, 5.74) is 11.8. The quantitative estimate of drug-likeness (QED) is 0.532. The first kappa shape index (κ1) is 18.0. The van der Waals surface area contributed by atoms with Gasteiger partial charge in [-0.15, -0.1) is 0 Å². The molecule has 0 fully saturated rings. The summed E-state index contributed by atoms with van der Waals surface area (Å²) >= 11 is 0. The minimum absolute atomic E-state index is 0.0489. The monoisotopic (exact) mass is 394 g/mol. The van der Waals surface area contributed by atoms with Gasteiger partial charge in [0.15, 0.2) is 5.78 Å². The van der Waals surface area contributed by atoms with Gasteiger partial charge in [-0.05, 0) is 54.3 Å². The summed E-state index contributed by atoms with van der Waals surface area (Å²) in [7, 11) is 0. The lowest BCUT2D eigenvalue weighted by Gasteiger charge is -2.15. The van der Waals surface area contributed by atoms with Gasteiger partial charge in [0.25, 0.3) is 0 Å². The Morgan fingerprint density at radius 3 is 2.37 bits per heavy atom. The average Bonchev–Trinajstić information content (AvgIpc) is 3.06. The number of nitrogens with two attached hydrogens (primary N) is 1. The molecule has 5 rings (SSSR count). The molecule has 0 aliphatic heterocycles. The molecule has 1 heterocycles. The number of carbonyl (C=O) groups excluding carboxylic acids is 1. The second-order valence-electron chi connectivity index (χ2n) is 7.21. The number of anilines is 1. The Morgan fingerprint density at radius 1 is 0.933 bits per heavy atom. The molecule has 6 heteroatoms. The molecule has 2 aromatic carbocycles. The van der Waals surface area contributed by atoms with E-state index in [-0.39, 0.29) is 17.5 Å². The summed E-state index contributed by atoms with van der Waals surface area (Å²) in [5.74, 6) is -0.498. The zero-order chi connectivity index (χ0) is 20.8. The molecule has 0 unspecified atom stereocenters. The number of rotatable bonds is 2. The summed E-state index contributed by atoms with van der Waals surface area (Å²) in [4.78, 5) is 22.0. The topological polar surface area (TPSA) is 92.7 Å². The number of benzene rings is 2. The number of allylic oxidation sites excluding steroid dienone is 4. The van der Waals surface area contributed by atoms with E-state index in [1.807, 2.05) is 24.3 Å². The third-order valence-electron chi connectivity index (χ3n) is 5.46. The normalized spacial score (nSPS) is 14.5. The van der Waals surface area contributed by atoms with Gasteiger partial charge in [-0.3, -0.25) is 4.79 Å². The smallest absolute Gasteiger partial charge is 0.221 e. The van der Waals surface area contributed by atoms with Gasteiger partial charge in [0.1, 0.15) is 5.82 Å². The fourth-order valence-corrected chi connectivity index (χ4v) is 4.04. The number of hydrogen-bond donors (Lipinski definition) is 1. The van der Waals surface area contributed by atoms with Gasteiger partial charge in [-0.2, -0.15) is 5.26 Å². The van der Waals surface area contributed by atoms with Crippen LogP contribution in [0.5, 0.6) is 0 Å². The van der Waals surface area contributed by atoms with E-state index < -0.39 is 0 Å². The van der Waals surface area contributed by atoms with Crippen molar-refractivity contribution in [3.8, 4) is 28.6 Å². The number of nitrogen functional groups attached to an aromatic ring is 1. The first-order valence-corrected chi connectivity index (χ1v) is 9.48. The highest BCUT2D eigenvalue weighted by atomic mass is 19.1. The molecule has 144 valence electrons. The molecule has 0 atom stereocenters. The van der Waals surface area contributed by atoms with E-state index in [9.17, 15) is 9.18 Å². The van der Waals surface area contributed by atoms with Crippen molar-refractivity contribution in [2.75, 3.05) is 5.73 Å². The van der Waals surface area contributed by atoms with E-state index in [0.717, 1.165) is 22.3 Å². The number of aromatic nitrogens is 2. The van der Waals surface area contributed by atoms with Crippen molar-refractivity contribution in [1.29, 1.82) is 5.26 Å². The summed E-state index contributed by atoms with van der Waals surface area (Å²) in [6.07, 6.45) is 5.09. The molecular formula is C24H15FN4O. The van der Waals surface area contributed by atoms with E-state index in [1.165, 1.54) is 12.1 Å². The fraction of sp³-hybridized carbons (Fsp3) is 0.0833. The molecule has 0 saturated heterocycles. The Labute approximate surface area is 172 Å². The lowest BCUT2D eigenvalue weighted by atomic mass is 9.89. The van der Waals surface area contributed by atoms with Crippen LogP contribution in [0.25, 0.3) is 28.1 Å². The third-order valence-corrected chi connectivity index (χ3v) is 5.46. The molecule has 0 spiro atoms. The second-order valence-corrected chi connectivity index (χ2v) is 7.21. The van der Waals surface area contributed by atoms with E-state index in [2.05, 4.69) is 16.0 Å². The van der Waals surface area contributed by atoms with Crippen LogP contribution in [0.2, 0.25) is 0 Å². The Bertz CT molecular complexity index is 1330. The van der Waals surface area contributed by atoms with Crippen LogP contribution in [0, 0.1) is 17.1 Å². The van der Waals surface area contributed by atoms with Crippen LogP contribution in [-0.4, -0.2) is 15.8 Å². The predicted molar refractivity (Wildman–Crippen MR) is 112 cm³/mol. The number of nitriles is 1. The molecule has 1 aromatic heterocycles. The zero-order valence-corrected chi connectivity index (χ0v) is 15.8. The molecule has 0 bridgehead atoms. The maximum absolute atomic E-state index is 13.4. The molecule has 2 N–H and O–H groups in total. The number of hydrogen-bond acceptors (Lipinski definition) is 5. The van der Waals surface area contributed by atoms with Gasteiger partial charge in [-0.25, -0.2) is 14.4 Å². The molecule has 3 aromatic rings. The zero-order valence-electron chi connectivity index (χ0n) is 15.8. The molecule has 0 amide bonds. The SMILES string of the molecule is N#CC1=CC=C(c2cccc3c2-c2nc(N)nc(-c4ccc(F)cc4)c2C3=O)CC1. The van der Waals surface area contributed by atoms with Crippen LogP contribution in [0.15, 0.2) is 60.2 Å². The van der Waals surface area contributed by atoms with Gasteiger partial charge in [0, 0.05) is 22.3 Å². The summed E-state index contributed by atoms with van der Waals surface area (Å²) in [5, 5.41) is 9.11. The number of carbonyl (C=O) groups is 1. The first-order valence-electron chi connectivity index (χ1n) is 9.48. The van der Waals surface area contributed by atoms with E-state index in [0.29, 0.717) is 40.9 Å². The lowest BCUT2D eigenvalue weighted by Crippen LogP contribution is -2.05. The highest BCUT2D eigenvalue weighted by Gasteiger charge is 2.34. The second kappa shape index (κ2) is 6.75. The first-order chi connectivity index (χ1) is 14.6.